The van der Waals surface area contributed by atoms with Crippen LogP contribution in [0.5, 0.6) is 0 Å². The molecule has 0 aromatic heterocycles. The van der Waals surface area contributed by atoms with E-state index in [2.05, 4.69) is 39.0 Å². The van der Waals surface area contributed by atoms with Crippen molar-refractivity contribution in [3.63, 3.8) is 0 Å². The molecule has 0 aliphatic heterocycles. The van der Waals surface area contributed by atoms with E-state index in [4.69, 9.17) is 0 Å². The van der Waals surface area contributed by atoms with Crippen molar-refractivity contribution in [3.05, 3.63) is 47.6 Å². The first-order valence-corrected chi connectivity index (χ1v) is 12.0. The van der Waals surface area contributed by atoms with Gasteiger partial charge in [0.05, 0.1) is 5.60 Å². The predicted octanol–water partition coefficient (Wildman–Crippen LogP) is 6.90. The molecular weight excluding hydrogens is 356 g/mol. The lowest BCUT2D eigenvalue weighted by Gasteiger charge is -2.39. The standard InChI is InChI=1S/C27H44O2/c1-6-8-9-10-11-12-13-15-25(24-16-14-18-26(4,28)21(24)3)22-17-19-27(5,29)23(7-2)20-22/h14,16-22,25,28-29H,6-13,15H2,1-5H3. The van der Waals surface area contributed by atoms with E-state index in [-0.39, 0.29) is 5.92 Å². The van der Waals surface area contributed by atoms with Crippen LogP contribution in [0.1, 0.15) is 92.4 Å². The second-order valence-corrected chi connectivity index (χ2v) is 9.62. The van der Waals surface area contributed by atoms with E-state index in [1.54, 1.807) is 0 Å². The third-order valence-electron chi connectivity index (χ3n) is 7.18. The Morgan fingerprint density at radius 1 is 0.966 bits per heavy atom. The average molecular weight is 401 g/mol. The smallest absolute Gasteiger partial charge is 0.101 e. The normalized spacial score (nSPS) is 32.8. The molecule has 0 saturated heterocycles. The van der Waals surface area contributed by atoms with Gasteiger partial charge in [-0.2, -0.15) is 0 Å². The van der Waals surface area contributed by atoms with Gasteiger partial charge in [-0.15, -0.1) is 0 Å². The van der Waals surface area contributed by atoms with Crippen molar-refractivity contribution in [3.8, 4) is 0 Å². The van der Waals surface area contributed by atoms with Crippen molar-refractivity contribution in [2.75, 3.05) is 0 Å². The maximum atomic E-state index is 10.8. The molecule has 5 unspecified atom stereocenters. The Kier molecular flexibility index (Phi) is 8.97. The highest BCUT2D eigenvalue weighted by atomic mass is 16.3. The molecule has 2 heteroatoms. The number of allylic oxidation sites excluding steroid dienone is 4. The molecule has 29 heavy (non-hydrogen) atoms. The molecule has 5 atom stereocenters. The largest absolute Gasteiger partial charge is 0.385 e. The first kappa shape index (κ1) is 24.2. The minimum Gasteiger partial charge on any atom is -0.385 e. The van der Waals surface area contributed by atoms with E-state index in [1.165, 1.54) is 50.5 Å². The molecule has 0 radical (unpaired) electrons. The Hall–Kier alpha value is -1.12. The fourth-order valence-corrected chi connectivity index (χ4v) is 4.92. The topological polar surface area (TPSA) is 40.5 Å². The van der Waals surface area contributed by atoms with Gasteiger partial charge in [0.15, 0.2) is 0 Å². The zero-order chi connectivity index (χ0) is 21.5. The predicted molar refractivity (Wildman–Crippen MR) is 125 cm³/mol. The quantitative estimate of drug-likeness (QED) is 0.292. The van der Waals surface area contributed by atoms with Gasteiger partial charge in [0.2, 0.25) is 0 Å². The molecule has 0 amide bonds. The molecule has 0 bridgehead atoms. The lowest BCUT2D eigenvalue weighted by molar-refractivity contribution is 0.0618. The van der Waals surface area contributed by atoms with Crippen LogP contribution in [0.25, 0.3) is 0 Å². The summed E-state index contributed by atoms with van der Waals surface area (Å²) in [7, 11) is 0. The van der Waals surface area contributed by atoms with Crippen molar-refractivity contribution in [2.24, 2.45) is 17.8 Å². The summed E-state index contributed by atoms with van der Waals surface area (Å²) in [4.78, 5) is 0. The number of aliphatic hydroxyl groups is 2. The molecule has 0 heterocycles. The van der Waals surface area contributed by atoms with Gasteiger partial charge in [-0.25, -0.2) is 0 Å². The summed E-state index contributed by atoms with van der Waals surface area (Å²) < 4.78 is 0. The summed E-state index contributed by atoms with van der Waals surface area (Å²) in [6.45, 7) is 10.3. The second kappa shape index (κ2) is 10.8. The summed E-state index contributed by atoms with van der Waals surface area (Å²) in [5, 5.41) is 21.5. The fourth-order valence-electron chi connectivity index (χ4n) is 4.92. The summed E-state index contributed by atoms with van der Waals surface area (Å²) in [6.07, 6.45) is 23.9. The number of unbranched alkanes of at least 4 members (excludes halogenated alkanes) is 6. The number of rotatable bonds is 11. The second-order valence-electron chi connectivity index (χ2n) is 9.62. The van der Waals surface area contributed by atoms with Gasteiger partial charge in [0.25, 0.3) is 0 Å². The van der Waals surface area contributed by atoms with E-state index in [1.807, 2.05) is 32.1 Å². The zero-order valence-corrected chi connectivity index (χ0v) is 19.5. The molecule has 2 rings (SSSR count). The molecule has 0 spiro atoms. The highest BCUT2D eigenvalue weighted by Crippen LogP contribution is 2.42. The maximum absolute atomic E-state index is 10.8. The van der Waals surface area contributed by atoms with Crippen molar-refractivity contribution >= 4 is 0 Å². The fraction of sp³-hybridized carbons (Fsp3) is 0.704. The van der Waals surface area contributed by atoms with Gasteiger partial charge < -0.3 is 10.2 Å². The molecule has 0 saturated carbocycles. The van der Waals surface area contributed by atoms with Crippen LogP contribution in [0.3, 0.4) is 0 Å². The first-order valence-electron chi connectivity index (χ1n) is 12.0. The van der Waals surface area contributed by atoms with Gasteiger partial charge in [-0.3, -0.25) is 0 Å². The third-order valence-corrected chi connectivity index (χ3v) is 7.18. The van der Waals surface area contributed by atoms with Crippen molar-refractivity contribution in [1.82, 2.24) is 0 Å². The average Bonchev–Trinajstić information content (AvgIpc) is 2.67. The monoisotopic (exact) mass is 400 g/mol. The lowest BCUT2D eigenvalue weighted by Crippen LogP contribution is -2.37. The molecule has 2 aliphatic rings. The Morgan fingerprint density at radius 2 is 1.62 bits per heavy atom. The van der Waals surface area contributed by atoms with Crippen LogP contribution in [-0.2, 0) is 0 Å². The molecule has 0 fully saturated rings. The van der Waals surface area contributed by atoms with Gasteiger partial charge in [-0.05, 0) is 38.2 Å². The van der Waals surface area contributed by atoms with Gasteiger partial charge in [0, 0.05) is 11.8 Å². The van der Waals surface area contributed by atoms with Crippen LogP contribution in [0.2, 0.25) is 0 Å². The van der Waals surface area contributed by atoms with Gasteiger partial charge >= 0.3 is 0 Å². The summed E-state index contributed by atoms with van der Waals surface area (Å²) in [6, 6.07) is 0. The Morgan fingerprint density at radius 3 is 2.28 bits per heavy atom. The maximum Gasteiger partial charge on any atom is 0.101 e. The molecule has 2 N–H and O–H groups in total. The minimum atomic E-state index is -0.826. The number of hydrogen-bond acceptors (Lipinski definition) is 2. The van der Waals surface area contributed by atoms with E-state index < -0.39 is 11.2 Å². The lowest BCUT2D eigenvalue weighted by atomic mass is 9.68. The first-order chi connectivity index (χ1) is 13.7. The van der Waals surface area contributed by atoms with E-state index in [0.29, 0.717) is 11.8 Å². The van der Waals surface area contributed by atoms with E-state index in [0.717, 1.165) is 18.4 Å². The molecule has 164 valence electrons. The van der Waals surface area contributed by atoms with Crippen LogP contribution in [-0.4, -0.2) is 21.4 Å². The van der Waals surface area contributed by atoms with Crippen molar-refractivity contribution in [2.45, 2.75) is 104 Å². The molecule has 0 aromatic rings. The van der Waals surface area contributed by atoms with Gasteiger partial charge in [-0.1, -0.05) is 108 Å². The molecule has 0 aromatic carbocycles. The Labute approximate surface area is 179 Å². The Balaban J connectivity index is 2.13. The summed E-state index contributed by atoms with van der Waals surface area (Å²) >= 11 is 0. The number of hydrogen-bond donors (Lipinski definition) is 2. The Bertz CT molecular complexity index is 633. The van der Waals surface area contributed by atoms with Crippen molar-refractivity contribution in [1.29, 1.82) is 0 Å². The van der Waals surface area contributed by atoms with E-state index in [9.17, 15) is 10.2 Å². The highest BCUT2D eigenvalue weighted by Gasteiger charge is 2.37. The van der Waals surface area contributed by atoms with Crippen LogP contribution in [0.4, 0.5) is 0 Å². The SMILES string of the molecule is CCCCCCCCCC(C1=CC=CC(C)(O)C1C)C1C=CC(C)(O)C(CC)=C1. The van der Waals surface area contributed by atoms with Crippen LogP contribution < -0.4 is 0 Å². The highest BCUT2D eigenvalue weighted by molar-refractivity contribution is 5.35. The summed E-state index contributed by atoms with van der Waals surface area (Å²) in [5.41, 5.74) is 0.851. The van der Waals surface area contributed by atoms with E-state index >= 15 is 0 Å². The third kappa shape index (κ3) is 6.43. The van der Waals surface area contributed by atoms with Crippen LogP contribution in [0.15, 0.2) is 47.6 Å². The minimum absolute atomic E-state index is 0.108. The van der Waals surface area contributed by atoms with Gasteiger partial charge in [0.1, 0.15) is 5.60 Å². The van der Waals surface area contributed by atoms with Crippen LogP contribution >= 0.6 is 0 Å². The summed E-state index contributed by atoms with van der Waals surface area (Å²) in [5.74, 6) is 0.781. The molecule has 2 nitrogen and oxygen atoms in total. The van der Waals surface area contributed by atoms with Crippen LogP contribution in [0, 0.1) is 17.8 Å². The molecule has 2 aliphatic carbocycles. The zero-order valence-electron chi connectivity index (χ0n) is 19.5. The van der Waals surface area contributed by atoms with Crippen molar-refractivity contribution < 1.29 is 10.2 Å². The molecular formula is C27H44O2.